The van der Waals surface area contributed by atoms with Gasteiger partial charge in [-0.2, -0.15) is 0 Å². The minimum atomic E-state index is -0.519. The van der Waals surface area contributed by atoms with Crippen LogP contribution in [0.15, 0.2) is 85.1 Å². The molecule has 1 aliphatic heterocycles. The summed E-state index contributed by atoms with van der Waals surface area (Å²) in [5.41, 5.74) is 4.54. The lowest BCUT2D eigenvalue weighted by Crippen LogP contribution is -2.49. The average Bonchev–Trinajstić information content (AvgIpc) is 3.38. The summed E-state index contributed by atoms with van der Waals surface area (Å²) in [7, 11) is 1.58. The Hall–Kier alpha value is -4.89. The van der Waals surface area contributed by atoms with Gasteiger partial charge in [0.25, 0.3) is 0 Å². The van der Waals surface area contributed by atoms with E-state index in [2.05, 4.69) is 22.0 Å². The summed E-state index contributed by atoms with van der Waals surface area (Å²) in [4.78, 5) is 35.8. The first kappa shape index (κ1) is 30.1. The molecule has 3 aromatic carbocycles. The Balaban J connectivity index is 1.40. The van der Waals surface area contributed by atoms with E-state index in [-0.39, 0.29) is 30.9 Å². The minimum absolute atomic E-state index is 0.0219. The van der Waals surface area contributed by atoms with Crippen LogP contribution in [0, 0.1) is 0 Å². The number of aromatic nitrogens is 2. The molecule has 1 aliphatic rings. The van der Waals surface area contributed by atoms with E-state index in [4.69, 9.17) is 14.2 Å². The van der Waals surface area contributed by atoms with Crippen molar-refractivity contribution in [3.05, 3.63) is 102 Å². The maximum absolute atomic E-state index is 13.8. The van der Waals surface area contributed by atoms with Crippen molar-refractivity contribution in [1.29, 1.82) is 0 Å². The molecule has 0 unspecified atom stereocenters. The number of hydrogen-bond acceptors (Lipinski definition) is 7. The third kappa shape index (κ3) is 6.35. The summed E-state index contributed by atoms with van der Waals surface area (Å²) in [6.07, 6.45) is 1.35. The lowest BCUT2D eigenvalue weighted by atomic mass is 10.0. The molecule has 3 heterocycles. The molecule has 232 valence electrons. The summed E-state index contributed by atoms with van der Waals surface area (Å²) < 4.78 is 19.5. The second-order valence-corrected chi connectivity index (χ2v) is 11.4. The van der Waals surface area contributed by atoms with Crippen molar-refractivity contribution >= 4 is 39.4 Å². The van der Waals surface area contributed by atoms with Gasteiger partial charge in [-0.1, -0.05) is 54.6 Å². The van der Waals surface area contributed by atoms with Crippen molar-refractivity contribution in [2.45, 2.75) is 39.7 Å². The Kier molecular flexibility index (Phi) is 8.98. The number of pyridine rings is 1. The topological polar surface area (TPSA) is 86.1 Å². The molecule has 2 aromatic heterocycles. The number of benzene rings is 3. The van der Waals surface area contributed by atoms with Gasteiger partial charge in [0, 0.05) is 49.9 Å². The summed E-state index contributed by atoms with van der Waals surface area (Å²) in [5, 5.41) is 1.57. The molecular formula is C36H38N4O5. The molecule has 0 saturated carbocycles. The van der Waals surface area contributed by atoms with Crippen LogP contribution in [0.3, 0.4) is 0 Å². The van der Waals surface area contributed by atoms with Crippen LogP contribution in [-0.2, 0) is 34.0 Å². The average molecular weight is 607 g/mol. The number of hydrogen-bond donors (Lipinski definition) is 0. The van der Waals surface area contributed by atoms with E-state index < -0.39 is 5.97 Å². The van der Waals surface area contributed by atoms with E-state index in [0.717, 1.165) is 40.5 Å². The van der Waals surface area contributed by atoms with Gasteiger partial charge in [-0.3, -0.25) is 4.79 Å². The van der Waals surface area contributed by atoms with Gasteiger partial charge in [0.2, 0.25) is 5.91 Å². The fourth-order valence-electron chi connectivity index (χ4n) is 6.00. The van der Waals surface area contributed by atoms with Crippen molar-refractivity contribution in [1.82, 2.24) is 14.5 Å². The van der Waals surface area contributed by atoms with Crippen molar-refractivity contribution in [3.8, 4) is 5.75 Å². The van der Waals surface area contributed by atoms with E-state index in [0.29, 0.717) is 31.0 Å². The predicted molar refractivity (Wildman–Crippen MR) is 175 cm³/mol. The zero-order valence-electron chi connectivity index (χ0n) is 25.9. The van der Waals surface area contributed by atoms with Gasteiger partial charge in [-0.15, -0.1) is 0 Å². The molecule has 1 saturated heterocycles. The zero-order chi connectivity index (χ0) is 31.3. The van der Waals surface area contributed by atoms with Crippen molar-refractivity contribution in [2.75, 3.05) is 38.2 Å². The molecule has 0 aliphatic carbocycles. The van der Waals surface area contributed by atoms with E-state index in [1.54, 1.807) is 27.2 Å². The largest absolute Gasteiger partial charge is 0.488 e. The van der Waals surface area contributed by atoms with Gasteiger partial charge in [0.1, 0.15) is 18.9 Å². The number of anilines is 1. The standard InChI is InChI=1S/C36H38N4O5/c1-25(2)45-36(42)35-28(24-43-3)33-30(21-37-35)40(22-32(41)39-19-17-38(18-20-39)27-13-8-5-9-14-27)29-15-10-16-31(34(29)33)44-23-26-11-6-4-7-12-26/h4-16,21,25H,17-20,22-24H2,1-3H3. The Morgan fingerprint density at radius 1 is 0.822 bits per heavy atom. The Morgan fingerprint density at radius 3 is 2.22 bits per heavy atom. The van der Waals surface area contributed by atoms with Crippen LogP contribution in [0.1, 0.15) is 35.5 Å². The number of fused-ring (bicyclic) bond motifs is 3. The molecular weight excluding hydrogens is 568 g/mol. The summed E-state index contributed by atoms with van der Waals surface area (Å²) in [6, 6.07) is 26.1. The highest BCUT2D eigenvalue weighted by molar-refractivity contribution is 6.14. The van der Waals surface area contributed by atoms with E-state index >= 15 is 0 Å². The molecule has 1 fully saturated rings. The maximum Gasteiger partial charge on any atom is 0.357 e. The predicted octanol–water partition coefficient (Wildman–Crippen LogP) is 5.83. The molecule has 0 spiro atoms. The third-order valence-corrected chi connectivity index (χ3v) is 8.10. The molecule has 45 heavy (non-hydrogen) atoms. The van der Waals surface area contributed by atoms with Crippen LogP contribution in [0.4, 0.5) is 5.69 Å². The van der Waals surface area contributed by atoms with Gasteiger partial charge < -0.3 is 28.6 Å². The van der Waals surface area contributed by atoms with E-state index in [9.17, 15) is 9.59 Å². The van der Waals surface area contributed by atoms with Crippen LogP contribution in [0.2, 0.25) is 0 Å². The Bertz CT molecular complexity index is 1790. The van der Waals surface area contributed by atoms with Gasteiger partial charge >= 0.3 is 5.97 Å². The monoisotopic (exact) mass is 606 g/mol. The van der Waals surface area contributed by atoms with Gasteiger partial charge in [-0.05, 0) is 43.7 Å². The Morgan fingerprint density at radius 2 is 1.53 bits per heavy atom. The first-order valence-electron chi connectivity index (χ1n) is 15.3. The molecule has 0 atom stereocenters. The number of methoxy groups -OCH3 is 1. The smallest absolute Gasteiger partial charge is 0.357 e. The summed E-state index contributed by atoms with van der Waals surface area (Å²) in [5.74, 6) is 0.152. The molecule has 5 aromatic rings. The molecule has 6 rings (SSSR count). The molecule has 9 nitrogen and oxygen atoms in total. The molecule has 9 heteroatoms. The van der Waals surface area contributed by atoms with E-state index in [1.807, 2.05) is 76.2 Å². The molecule has 0 N–H and O–H groups in total. The number of amides is 1. The lowest BCUT2D eigenvalue weighted by molar-refractivity contribution is -0.132. The first-order chi connectivity index (χ1) is 21.9. The number of ether oxygens (including phenoxy) is 3. The van der Waals surface area contributed by atoms with Gasteiger partial charge in [0.05, 0.1) is 35.3 Å². The highest BCUT2D eigenvalue weighted by Gasteiger charge is 2.27. The minimum Gasteiger partial charge on any atom is -0.488 e. The van der Waals surface area contributed by atoms with Crippen LogP contribution in [0.25, 0.3) is 21.8 Å². The van der Waals surface area contributed by atoms with Gasteiger partial charge in [0.15, 0.2) is 5.69 Å². The molecule has 1 amide bonds. The number of esters is 1. The SMILES string of the molecule is COCc1c(C(=O)OC(C)C)ncc2c1c1c(OCc3ccccc3)cccc1n2CC(=O)N1CCN(c2ccccc2)CC1. The lowest BCUT2D eigenvalue weighted by Gasteiger charge is -2.36. The number of nitrogens with zero attached hydrogens (tertiary/aromatic N) is 4. The fraction of sp³-hybridized carbons (Fsp3) is 0.306. The third-order valence-electron chi connectivity index (χ3n) is 8.10. The van der Waals surface area contributed by atoms with Gasteiger partial charge in [-0.25, -0.2) is 9.78 Å². The summed E-state index contributed by atoms with van der Waals surface area (Å²) >= 11 is 0. The van der Waals surface area contributed by atoms with Crippen LogP contribution in [-0.4, -0.2) is 65.7 Å². The number of carbonyl (C=O) groups excluding carboxylic acids is 2. The number of piperazine rings is 1. The quantitative estimate of drug-likeness (QED) is 0.185. The van der Waals surface area contributed by atoms with Crippen molar-refractivity contribution < 1.29 is 23.8 Å². The second kappa shape index (κ2) is 13.4. The van der Waals surface area contributed by atoms with Crippen LogP contribution >= 0.6 is 0 Å². The number of rotatable bonds is 10. The van der Waals surface area contributed by atoms with Crippen LogP contribution < -0.4 is 9.64 Å². The van der Waals surface area contributed by atoms with Crippen LogP contribution in [0.5, 0.6) is 5.75 Å². The summed E-state index contributed by atoms with van der Waals surface area (Å²) in [6.45, 7) is 7.03. The Labute approximate surface area is 262 Å². The van der Waals surface area contributed by atoms with Crippen molar-refractivity contribution in [3.63, 3.8) is 0 Å². The van der Waals surface area contributed by atoms with E-state index in [1.165, 1.54) is 5.69 Å². The second-order valence-electron chi connectivity index (χ2n) is 11.4. The highest BCUT2D eigenvalue weighted by atomic mass is 16.5. The fourth-order valence-corrected chi connectivity index (χ4v) is 6.00. The molecule has 0 bridgehead atoms. The highest BCUT2D eigenvalue weighted by Crippen LogP contribution is 2.39. The number of carbonyl (C=O) groups is 2. The zero-order valence-corrected chi connectivity index (χ0v) is 25.9. The normalized spacial score (nSPS) is 13.5. The maximum atomic E-state index is 13.8. The molecule has 0 radical (unpaired) electrons. The van der Waals surface area contributed by atoms with Crippen molar-refractivity contribution in [2.24, 2.45) is 0 Å². The first-order valence-corrected chi connectivity index (χ1v) is 15.3. The number of para-hydroxylation sites is 1.